The number of hydrogen-bond donors (Lipinski definition) is 3. The molecule has 1 amide bonds. The minimum Gasteiger partial charge on any atom is -0.354 e. The second-order valence-corrected chi connectivity index (χ2v) is 5.28. The Morgan fingerprint density at radius 1 is 1.20 bits per heavy atom. The summed E-state index contributed by atoms with van der Waals surface area (Å²) >= 11 is 0. The predicted octanol–water partition coefficient (Wildman–Crippen LogP) is -0.251. The minimum atomic E-state index is 0.184. The van der Waals surface area contributed by atoms with Gasteiger partial charge in [0.1, 0.15) is 0 Å². The van der Waals surface area contributed by atoms with E-state index in [0.717, 1.165) is 13.1 Å². The summed E-state index contributed by atoms with van der Waals surface area (Å²) < 4.78 is 0. The van der Waals surface area contributed by atoms with Crippen molar-refractivity contribution in [1.29, 1.82) is 0 Å². The molecule has 1 spiro atoms. The second kappa shape index (κ2) is 3.46. The number of carbonyl (C=O) groups excluding carboxylic acids is 1. The first-order valence-electron chi connectivity index (χ1n) is 6.04. The summed E-state index contributed by atoms with van der Waals surface area (Å²) in [6, 6.07) is 1.34. The van der Waals surface area contributed by atoms with Gasteiger partial charge < -0.3 is 16.0 Å². The van der Waals surface area contributed by atoms with Crippen LogP contribution in [0.1, 0.15) is 32.1 Å². The van der Waals surface area contributed by atoms with Crippen molar-refractivity contribution in [1.82, 2.24) is 16.0 Å². The van der Waals surface area contributed by atoms with Crippen molar-refractivity contribution < 1.29 is 4.79 Å². The van der Waals surface area contributed by atoms with Gasteiger partial charge >= 0.3 is 0 Å². The zero-order chi connectivity index (χ0) is 10.3. The summed E-state index contributed by atoms with van der Waals surface area (Å²) in [4.78, 5) is 11.3. The van der Waals surface area contributed by atoms with Gasteiger partial charge in [0.15, 0.2) is 0 Å². The van der Waals surface area contributed by atoms with Crippen LogP contribution in [0.5, 0.6) is 0 Å². The Labute approximate surface area is 90.2 Å². The van der Waals surface area contributed by atoms with Crippen molar-refractivity contribution in [2.24, 2.45) is 0 Å². The van der Waals surface area contributed by atoms with Crippen LogP contribution in [0, 0.1) is 0 Å². The number of rotatable bonds is 0. The van der Waals surface area contributed by atoms with Gasteiger partial charge in [0.2, 0.25) is 5.91 Å². The van der Waals surface area contributed by atoms with E-state index in [-0.39, 0.29) is 11.4 Å². The molecule has 2 bridgehead atoms. The van der Waals surface area contributed by atoms with E-state index in [1.165, 1.54) is 25.7 Å². The second-order valence-electron chi connectivity index (χ2n) is 5.28. The van der Waals surface area contributed by atoms with Gasteiger partial charge in [-0.3, -0.25) is 4.79 Å². The monoisotopic (exact) mass is 209 g/mol. The van der Waals surface area contributed by atoms with Gasteiger partial charge in [-0.05, 0) is 25.7 Å². The van der Waals surface area contributed by atoms with Crippen molar-refractivity contribution in [3.05, 3.63) is 0 Å². The first kappa shape index (κ1) is 9.60. The Bertz CT molecular complexity index is 267. The highest BCUT2D eigenvalue weighted by Gasteiger charge is 2.44. The number of amides is 1. The summed E-state index contributed by atoms with van der Waals surface area (Å²) in [5, 5.41) is 10.3. The zero-order valence-electron chi connectivity index (χ0n) is 9.01. The van der Waals surface area contributed by atoms with Crippen LogP contribution in [-0.2, 0) is 4.79 Å². The first-order valence-corrected chi connectivity index (χ1v) is 6.04. The normalized spacial score (nSPS) is 45.2. The minimum absolute atomic E-state index is 0.184. The van der Waals surface area contributed by atoms with Crippen molar-refractivity contribution in [3.63, 3.8) is 0 Å². The Balaban J connectivity index is 1.75. The lowest BCUT2D eigenvalue weighted by Crippen LogP contribution is -2.59. The van der Waals surface area contributed by atoms with Gasteiger partial charge in [-0.15, -0.1) is 0 Å². The lowest BCUT2D eigenvalue weighted by atomic mass is 9.84. The third-order valence-corrected chi connectivity index (χ3v) is 4.09. The third kappa shape index (κ3) is 1.76. The Kier molecular flexibility index (Phi) is 2.21. The highest BCUT2D eigenvalue weighted by Crippen LogP contribution is 2.34. The highest BCUT2D eigenvalue weighted by molar-refractivity contribution is 5.76. The Hall–Kier alpha value is -0.610. The maximum absolute atomic E-state index is 11.3. The van der Waals surface area contributed by atoms with Crippen molar-refractivity contribution >= 4 is 5.91 Å². The third-order valence-electron chi connectivity index (χ3n) is 4.09. The van der Waals surface area contributed by atoms with E-state index in [0.29, 0.717) is 18.5 Å². The number of piperidine rings is 1. The van der Waals surface area contributed by atoms with Crippen LogP contribution in [0.3, 0.4) is 0 Å². The van der Waals surface area contributed by atoms with Crippen LogP contribution in [0.2, 0.25) is 0 Å². The number of nitrogens with one attached hydrogen (secondary N) is 3. The fourth-order valence-electron chi connectivity index (χ4n) is 3.40. The molecule has 3 saturated heterocycles. The molecular weight excluding hydrogens is 190 g/mol. The van der Waals surface area contributed by atoms with Crippen molar-refractivity contribution in [2.75, 3.05) is 13.1 Å². The lowest BCUT2D eigenvalue weighted by Gasteiger charge is -2.41. The number of hydrogen-bond acceptors (Lipinski definition) is 3. The van der Waals surface area contributed by atoms with Crippen LogP contribution >= 0.6 is 0 Å². The summed E-state index contributed by atoms with van der Waals surface area (Å²) in [5.41, 5.74) is 0.184. The van der Waals surface area contributed by atoms with E-state index < -0.39 is 0 Å². The summed E-state index contributed by atoms with van der Waals surface area (Å²) in [7, 11) is 0. The molecule has 2 atom stereocenters. The lowest BCUT2D eigenvalue weighted by molar-refractivity contribution is -0.120. The van der Waals surface area contributed by atoms with E-state index in [4.69, 9.17) is 0 Å². The van der Waals surface area contributed by atoms with Crippen LogP contribution in [0.15, 0.2) is 0 Å². The molecule has 84 valence electrons. The standard InChI is InChI=1S/C11H19N3O/c15-10-3-4-13-11(7-12-10)5-8-1-2-9(6-11)14-8/h8-9,13-14H,1-7H2,(H,12,15). The molecule has 3 heterocycles. The molecule has 3 rings (SSSR count). The molecular formula is C11H19N3O. The van der Waals surface area contributed by atoms with E-state index in [1.54, 1.807) is 0 Å². The molecule has 3 fully saturated rings. The number of carbonyl (C=O) groups is 1. The molecule has 0 aliphatic carbocycles. The maximum atomic E-state index is 11.3. The molecule has 2 unspecified atom stereocenters. The Morgan fingerprint density at radius 2 is 1.93 bits per heavy atom. The van der Waals surface area contributed by atoms with Gasteiger partial charge in [-0.2, -0.15) is 0 Å². The largest absolute Gasteiger partial charge is 0.354 e. The van der Waals surface area contributed by atoms with Gasteiger partial charge in [0, 0.05) is 37.1 Å². The molecule has 0 saturated carbocycles. The first-order chi connectivity index (χ1) is 7.26. The molecule has 4 heteroatoms. The molecule has 4 nitrogen and oxygen atoms in total. The van der Waals surface area contributed by atoms with Crippen LogP contribution < -0.4 is 16.0 Å². The van der Waals surface area contributed by atoms with Crippen LogP contribution in [0.25, 0.3) is 0 Å². The molecule has 0 aromatic carbocycles. The molecule has 3 aliphatic heterocycles. The smallest absolute Gasteiger partial charge is 0.221 e. The zero-order valence-corrected chi connectivity index (χ0v) is 9.01. The van der Waals surface area contributed by atoms with Crippen LogP contribution in [0.4, 0.5) is 0 Å². The fraction of sp³-hybridized carbons (Fsp3) is 0.909. The molecule has 15 heavy (non-hydrogen) atoms. The van der Waals surface area contributed by atoms with Gasteiger partial charge in [0.05, 0.1) is 0 Å². The van der Waals surface area contributed by atoms with E-state index >= 15 is 0 Å². The molecule has 0 aromatic rings. The van der Waals surface area contributed by atoms with E-state index in [1.807, 2.05) is 0 Å². The summed E-state index contributed by atoms with van der Waals surface area (Å²) in [6.45, 7) is 1.66. The summed E-state index contributed by atoms with van der Waals surface area (Å²) in [6.07, 6.45) is 5.59. The van der Waals surface area contributed by atoms with Gasteiger partial charge in [-0.1, -0.05) is 0 Å². The maximum Gasteiger partial charge on any atom is 0.221 e. The molecule has 0 aromatic heterocycles. The molecule has 3 N–H and O–H groups in total. The van der Waals surface area contributed by atoms with E-state index in [2.05, 4.69) is 16.0 Å². The van der Waals surface area contributed by atoms with Crippen molar-refractivity contribution in [2.45, 2.75) is 49.7 Å². The van der Waals surface area contributed by atoms with Gasteiger partial charge in [0.25, 0.3) is 0 Å². The SMILES string of the molecule is O=C1CCNC2(CN1)CC1CCC(C2)N1. The van der Waals surface area contributed by atoms with E-state index in [9.17, 15) is 4.79 Å². The average molecular weight is 209 g/mol. The highest BCUT2D eigenvalue weighted by atomic mass is 16.1. The Morgan fingerprint density at radius 3 is 2.67 bits per heavy atom. The van der Waals surface area contributed by atoms with Crippen molar-refractivity contribution in [3.8, 4) is 0 Å². The fourth-order valence-corrected chi connectivity index (χ4v) is 3.40. The number of fused-ring (bicyclic) bond motifs is 2. The topological polar surface area (TPSA) is 53.2 Å². The van der Waals surface area contributed by atoms with Crippen LogP contribution in [-0.4, -0.2) is 36.6 Å². The molecule has 0 radical (unpaired) electrons. The summed E-state index contributed by atoms with van der Waals surface area (Å²) in [5.74, 6) is 0.199. The predicted molar refractivity (Wildman–Crippen MR) is 57.5 cm³/mol. The molecule has 3 aliphatic rings. The van der Waals surface area contributed by atoms with Gasteiger partial charge in [-0.25, -0.2) is 0 Å². The quantitative estimate of drug-likeness (QED) is 0.515. The average Bonchev–Trinajstić information content (AvgIpc) is 2.46.